The van der Waals surface area contributed by atoms with Gasteiger partial charge in [0.25, 0.3) is 0 Å². The van der Waals surface area contributed by atoms with E-state index in [1.165, 1.54) is 6.07 Å². The number of nitrogens with one attached hydrogen (secondary N) is 1. The maximum Gasteiger partial charge on any atom is 0.123 e. The SMILES string of the molecule is Cc1cc(F)ccc1SC1CNCCO1. The molecule has 0 amide bonds. The zero-order chi connectivity index (χ0) is 10.7. The van der Waals surface area contributed by atoms with E-state index >= 15 is 0 Å². The Hall–Kier alpha value is -0.580. The first-order valence-corrected chi connectivity index (χ1v) is 5.89. The van der Waals surface area contributed by atoms with Crippen molar-refractivity contribution >= 4 is 11.8 Å². The largest absolute Gasteiger partial charge is 0.365 e. The normalized spacial score (nSPS) is 21.6. The van der Waals surface area contributed by atoms with E-state index in [4.69, 9.17) is 4.74 Å². The van der Waals surface area contributed by atoms with Gasteiger partial charge in [-0.05, 0) is 30.7 Å². The predicted octanol–water partition coefficient (Wildman–Crippen LogP) is 2.17. The third-order valence-electron chi connectivity index (χ3n) is 2.29. The number of halogens is 1. The fourth-order valence-corrected chi connectivity index (χ4v) is 2.54. The molecule has 1 aromatic carbocycles. The van der Waals surface area contributed by atoms with Crippen molar-refractivity contribution in [1.82, 2.24) is 5.32 Å². The monoisotopic (exact) mass is 227 g/mol. The van der Waals surface area contributed by atoms with Gasteiger partial charge in [-0.3, -0.25) is 0 Å². The van der Waals surface area contributed by atoms with Crippen LogP contribution in [0.3, 0.4) is 0 Å². The lowest BCUT2D eigenvalue weighted by atomic mass is 10.2. The van der Waals surface area contributed by atoms with E-state index in [1.54, 1.807) is 17.8 Å². The van der Waals surface area contributed by atoms with Crippen molar-refractivity contribution in [3.05, 3.63) is 29.6 Å². The number of aryl methyl sites for hydroxylation is 1. The summed E-state index contributed by atoms with van der Waals surface area (Å²) in [4.78, 5) is 1.09. The van der Waals surface area contributed by atoms with E-state index < -0.39 is 0 Å². The minimum Gasteiger partial charge on any atom is -0.365 e. The Morgan fingerprint density at radius 1 is 1.53 bits per heavy atom. The van der Waals surface area contributed by atoms with Crippen LogP contribution in [0, 0.1) is 12.7 Å². The van der Waals surface area contributed by atoms with Crippen LogP contribution in [0.4, 0.5) is 4.39 Å². The molecule has 0 radical (unpaired) electrons. The molecule has 0 bridgehead atoms. The Labute approximate surface area is 93.2 Å². The quantitative estimate of drug-likeness (QED) is 0.836. The van der Waals surface area contributed by atoms with Gasteiger partial charge in [-0.1, -0.05) is 11.8 Å². The molecule has 0 aliphatic carbocycles. The molecule has 1 saturated heterocycles. The molecule has 1 atom stereocenters. The van der Waals surface area contributed by atoms with Crippen LogP contribution in [-0.2, 0) is 4.74 Å². The van der Waals surface area contributed by atoms with Gasteiger partial charge in [-0.2, -0.15) is 0 Å². The summed E-state index contributed by atoms with van der Waals surface area (Å²) in [7, 11) is 0. The van der Waals surface area contributed by atoms with Crippen LogP contribution in [0.2, 0.25) is 0 Å². The summed E-state index contributed by atoms with van der Waals surface area (Å²) < 4.78 is 18.4. The summed E-state index contributed by atoms with van der Waals surface area (Å²) in [5.74, 6) is -0.181. The van der Waals surface area contributed by atoms with Gasteiger partial charge in [0, 0.05) is 18.0 Å². The van der Waals surface area contributed by atoms with E-state index in [-0.39, 0.29) is 11.3 Å². The van der Waals surface area contributed by atoms with Crippen molar-refractivity contribution in [2.75, 3.05) is 19.7 Å². The standard InChI is InChI=1S/C11H14FNOS/c1-8-6-9(12)2-3-10(8)15-11-7-13-4-5-14-11/h2-3,6,11,13H,4-5,7H2,1H3. The topological polar surface area (TPSA) is 21.3 Å². The fourth-order valence-electron chi connectivity index (χ4n) is 1.50. The Morgan fingerprint density at radius 2 is 2.40 bits per heavy atom. The van der Waals surface area contributed by atoms with Crippen LogP contribution in [0.25, 0.3) is 0 Å². The molecular formula is C11H14FNOS. The van der Waals surface area contributed by atoms with Crippen LogP contribution in [0.15, 0.2) is 23.1 Å². The first-order valence-electron chi connectivity index (χ1n) is 5.01. The first-order chi connectivity index (χ1) is 7.25. The maximum absolute atomic E-state index is 12.9. The first kappa shape index (κ1) is 10.9. The van der Waals surface area contributed by atoms with Gasteiger partial charge in [-0.15, -0.1) is 0 Å². The molecule has 2 nitrogen and oxygen atoms in total. The third-order valence-corrected chi connectivity index (χ3v) is 3.57. The van der Waals surface area contributed by atoms with Gasteiger partial charge >= 0.3 is 0 Å². The molecule has 82 valence electrons. The van der Waals surface area contributed by atoms with Crippen molar-refractivity contribution in [2.24, 2.45) is 0 Å². The second-order valence-electron chi connectivity index (χ2n) is 3.53. The minimum absolute atomic E-state index is 0.142. The van der Waals surface area contributed by atoms with Crippen LogP contribution in [0.1, 0.15) is 5.56 Å². The molecule has 2 rings (SSSR count). The molecule has 0 aromatic heterocycles. The highest BCUT2D eigenvalue weighted by Crippen LogP contribution is 2.28. The van der Waals surface area contributed by atoms with Crippen molar-refractivity contribution in [1.29, 1.82) is 0 Å². The second kappa shape index (κ2) is 4.96. The van der Waals surface area contributed by atoms with Gasteiger partial charge in [0.05, 0.1) is 6.61 Å². The number of hydrogen-bond acceptors (Lipinski definition) is 3. The average Bonchev–Trinajstić information content (AvgIpc) is 2.24. The van der Waals surface area contributed by atoms with Gasteiger partial charge in [0.1, 0.15) is 11.3 Å². The molecular weight excluding hydrogens is 213 g/mol. The number of benzene rings is 1. The molecule has 1 heterocycles. The lowest BCUT2D eigenvalue weighted by Gasteiger charge is -2.23. The Morgan fingerprint density at radius 3 is 3.07 bits per heavy atom. The number of thioether (sulfide) groups is 1. The van der Waals surface area contributed by atoms with Crippen LogP contribution in [-0.4, -0.2) is 25.1 Å². The van der Waals surface area contributed by atoms with Crippen molar-refractivity contribution in [3.63, 3.8) is 0 Å². The van der Waals surface area contributed by atoms with Gasteiger partial charge in [-0.25, -0.2) is 4.39 Å². The molecule has 1 aliphatic rings. The van der Waals surface area contributed by atoms with Gasteiger partial charge < -0.3 is 10.1 Å². The molecule has 0 saturated carbocycles. The summed E-state index contributed by atoms with van der Waals surface area (Å²) in [6, 6.07) is 4.86. The fraction of sp³-hybridized carbons (Fsp3) is 0.455. The third kappa shape index (κ3) is 2.93. The highest BCUT2D eigenvalue weighted by Gasteiger charge is 2.15. The van der Waals surface area contributed by atoms with Crippen molar-refractivity contribution in [2.45, 2.75) is 17.3 Å². The summed E-state index contributed by atoms with van der Waals surface area (Å²) in [6.07, 6.45) is 0. The summed E-state index contributed by atoms with van der Waals surface area (Å²) in [6.45, 7) is 4.43. The molecule has 1 unspecified atom stereocenters. The maximum atomic E-state index is 12.9. The molecule has 0 spiro atoms. The van der Waals surface area contributed by atoms with Crippen LogP contribution in [0.5, 0.6) is 0 Å². The molecule has 1 aromatic rings. The lowest BCUT2D eigenvalue weighted by Crippen LogP contribution is -2.36. The van der Waals surface area contributed by atoms with Crippen molar-refractivity contribution < 1.29 is 9.13 Å². The molecule has 1 aliphatic heterocycles. The van der Waals surface area contributed by atoms with Gasteiger partial charge in [0.15, 0.2) is 0 Å². The smallest absolute Gasteiger partial charge is 0.123 e. The number of rotatable bonds is 2. The highest BCUT2D eigenvalue weighted by atomic mass is 32.2. The summed E-state index contributed by atoms with van der Waals surface area (Å²) in [5.41, 5.74) is 1.11. The van der Waals surface area contributed by atoms with Crippen LogP contribution >= 0.6 is 11.8 Å². The van der Waals surface area contributed by atoms with E-state index in [0.29, 0.717) is 0 Å². The zero-order valence-electron chi connectivity index (χ0n) is 8.63. The van der Waals surface area contributed by atoms with E-state index in [0.717, 1.165) is 30.2 Å². The average molecular weight is 227 g/mol. The van der Waals surface area contributed by atoms with E-state index in [2.05, 4.69) is 5.32 Å². The predicted molar refractivity (Wildman–Crippen MR) is 59.6 cm³/mol. The summed E-state index contributed by atoms with van der Waals surface area (Å²) in [5, 5.41) is 3.27. The Bertz CT molecular complexity index is 339. The van der Waals surface area contributed by atoms with E-state index in [9.17, 15) is 4.39 Å². The summed E-state index contributed by atoms with van der Waals surface area (Å²) >= 11 is 1.65. The number of hydrogen-bond donors (Lipinski definition) is 1. The molecule has 15 heavy (non-hydrogen) atoms. The minimum atomic E-state index is -0.181. The number of morpholine rings is 1. The lowest BCUT2D eigenvalue weighted by molar-refractivity contribution is 0.0852. The molecule has 1 fully saturated rings. The highest BCUT2D eigenvalue weighted by molar-refractivity contribution is 7.99. The second-order valence-corrected chi connectivity index (χ2v) is 4.73. The van der Waals surface area contributed by atoms with Crippen molar-refractivity contribution in [3.8, 4) is 0 Å². The van der Waals surface area contributed by atoms with Gasteiger partial charge in [0.2, 0.25) is 0 Å². The molecule has 4 heteroatoms. The van der Waals surface area contributed by atoms with Crippen LogP contribution < -0.4 is 5.32 Å². The Kier molecular flexibility index (Phi) is 3.61. The Balaban J connectivity index is 2.03. The zero-order valence-corrected chi connectivity index (χ0v) is 9.44. The van der Waals surface area contributed by atoms with E-state index in [1.807, 2.05) is 13.0 Å². The number of ether oxygens (including phenoxy) is 1. The molecule has 1 N–H and O–H groups in total.